The number of hydrogen-bond acceptors (Lipinski definition) is 2. The van der Waals surface area contributed by atoms with Gasteiger partial charge in [-0.1, -0.05) is 18.2 Å². The van der Waals surface area contributed by atoms with E-state index in [1.54, 1.807) is 16.2 Å². The Balaban J connectivity index is 1.53. The number of urea groups is 1. The van der Waals surface area contributed by atoms with Crippen molar-refractivity contribution < 1.29 is 13.6 Å². The highest BCUT2D eigenvalue weighted by Crippen LogP contribution is 2.44. The van der Waals surface area contributed by atoms with E-state index >= 15 is 0 Å². The summed E-state index contributed by atoms with van der Waals surface area (Å²) in [6.45, 7) is 2.30. The molecule has 2 aliphatic rings. The van der Waals surface area contributed by atoms with E-state index in [2.05, 4.69) is 9.88 Å². The number of rotatable bonds is 2. The first-order chi connectivity index (χ1) is 17.0. The van der Waals surface area contributed by atoms with Crippen LogP contribution in [0.1, 0.15) is 51.7 Å². The molecule has 4 nitrogen and oxygen atoms in total. The van der Waals surface area contributed by atoms with Gasteiger partial charge in [-0.15, -0.1) is 11.3 Å². The Kier molecular flexibility index (Phi) is 5.44. The number of nitrogens with zero attached hydrogens (tertiary/aromatic N) is 2. The fourth-order valence-corrected chi connectivity index (χ4v) is 6.77. The van der Waals surface area contributed by atoms with Gasteiger partial charge in [-0.3, -0.25) is 0 Å². The minimum atomic E-state index is -0.659. The Bertz CT molecular complexity index is 1420. The third-order valence-electron chi connectivity index (χ3n) is 7.03. The number of carbonyl (C=O) groups excluding carboxylic acids is 1. The van der Waals surface area contributed by atoms with Gasteiger partial charge in [0, 0.05) is 28.4 Å². The van der Waals surface area contributed by atoms with Gasteiger partial charge in [0.1, 0.15) is 22.7 Å². The number of para-hydroxylation sites is 1. The molecule has 35 heavy (non-hydrogen) atoms. The number of thiophene rings is 1. The van der Waals surface area contributed by atoms with Crippen molar-refractivity contribution in [3.8, 4) is 5.00 Å². The standard InChI is InChI=1S/C28H25F2N3OS/c1-17-7-2-4-9-23(17)31-28(34)33-16-22-21-8-3-5-11-25(21)35-27(22)32-12-6-10-24(32)26(33)18-13-19(29)15-20(30)14-18/h2,4,6-7,9-10,12-15,26H,3,5,8,11,16H2,1H3,(H,31,34)/t26-/m0/s1. The third kappa shape index (κ3) is 3.84. The zero-order chi connectivity index (χ0) is 24.1. The molecule has 1 atom stereocenters. The number of amides is 2. The van der Waals surface area contributed by atoms with Gasteiger partial charge in [-0.25, -0.2) is 13.6 Å². The summed E-state index contributed by atoms with van der Waals surface area (Å²) in [6.07, 6.45) is 6.33. The smallest absolute Gasteiger partial charge is 0.310 e. The van der Waals surface area contributed by atoms with Crippen molar-refractivity contribution in [2.45, 2.75) is 45.2 Å². The van der Waals surface area contributed by atoms with Crippen LogP contribution in [0.3, 0.4) is 0 Å². The van der Waals surface area contributed by atoms with Gasteiger partial charge in [0.25, 0.3) is 0 Å². The van der Waals surface area contributed by atoms with E-state index in [-0.39, 0.29) is 6.03 Å². The highest BCUT2D eigenvalue weighted by molar-refractivity contribution is 7.15. The average molecular weight is 490 g/mol. The maximum Gasteiger partial charge on any atom is 0.322 e. The number of benzene rings is 2. The number of hydrogen-bond donors (Lipinski definition) is 1. The van der Waals surface area contributed by atoms with Crippen molar-refractivity contribution in [3.63, 3.8) is 0 Å². The number of anilines is 1. The molecule has 0 fully saturated rings. The molecule has 4 aromatic rings. The van der Waals surface area contributed by atoms with Crippen LogP contribution in [0, 0.1) is 18.6 Å². The minimum Gasteiger partial charge on any atom is -0.310 e. The Morgan fingerprint density at radius 1 is 1.00 bits per heavy atom. The van der Waals surface area contributed by atoms with Gasteiger partial charge in [-0.2, -0.15) is 0 Å². The summed E-state index contributed by atoms with van der Waals surface area (Å²) in [7, 11) is 0. The second-order valence-electron chi connectivity index (χ2n) is 9.28. The summed E-state index contributed by atoms with van der Waals surface area (Å²) in [5.74, 6) is -1.32. The van der Waals surface area contributed by atoms with Crippen molar-refractivity contribution in [1.82, 2.24) is 9.47 Å². The van der Waals surface area contributed by atoms with Gasteiger partial charge < -0.3 is 14.8 Å². The van der Waals surface area contributed by atoms with Crippen LogP contribution < -0.4 is 5.32 Å². The van der Waals surface area contributed by atoms with Crippen LogP contribution in [0.5, 0.6) is 0 Å². The van der Waals surface area contributed by atoms with E-state index in [0.717, 1.165) is 47.2 Å². The number of fused-ring (bicyclic) bond motifs is 5. The van der Waals surface area contributed by atoms with Crippen molar-refractivity contribution in [2.75, 3.05) is 5.32 Å². The number of nitrogens with one attached hydrogen (secondary N) is 1. The van der Waals surface area contributed by atoms with Crippen molar-refractivity contribution in [3.05, 3.63) is 105 Å². The topological polar surface area (TPSA) is 37.3 Å². The zero-order valence-corrected chi connectivity index (χ0v) is 20.2. The van der Waals surface area contributed by atoms with E-state index in [4.69, 9.17) is 0 Å². The lowest BCUT2D eigenvalue weighted by molar-refractivity contribution is 0.194. The van der Waals surface area contributed by atoms with Gasteiger partial charge in [0.2, 0.25) is 0 Å². The zero-order valence-electron chi connectivity index (χ0n) is 19.4. The molecule has 0 saturated heterocycles. The van der Waals surface area contributed by atoms with Crippen molar-refractivity contribution >= 4 is 23.1 Å². The number of aryl methyl sites for hydroxylation is 2. The fraction of sp³-hybridized carbons (Fsp3) is 0.250. The van der Waals surface area contributed by atoms with Crippen LogP contribution >= 0.6 is 11.3 Å². The molecule has 178 valence electrons. The minimum absolute atomic E-state index is 0.301. The second-order valence-corrected chi connectivity index (χ2v) is 10.4. The molecule has 1 aliphatic carbocycles. The predicted octanol–water partition coefficient (Wildman–Crippen LogP) is 7.14. The van der Waals surface area contributed by atoms with Crippen LogP contribution in [-0.2, 0) is 19.4 Å². The highest BCUT2D eigenvalue weighted by atomic mass is 32.1. The van der Waals surface area contributed by atoms with Crippen LogP contribution in [0.25, 0.3) is 5.00 Å². The van der Waals surface area contributed by atoms with Crippen LogP contribution in [0.2, 0.25) is 0 Å². The Labute approximate surface area is 206 Å². The Morgan fingerprint density at radius 2 is 1.77 bits per heavy atom. The maximum absolute atomic E-state index is 14.4. The van der Waals surface area contributed by atoms with Crippen LogP contribution in [0.15, 0.2) is 60.8 Å². The first-order valence-electron chi connectivity index (χ1n) is 11.9. The lowest BCUT2D eigenvalue weighted by Gasteiger charge is -2.31. The molecule has 1 aliphatic heterocycles. The summed E-state index contributed by atoms with van der Waals surface area (Å²) in [5.41, 5.74) is 5.35. The molecule has 0 unspecified atom stereocenters. The predicted molar refractivity (Wildman–Crippen MR) is 134 cm³/mol. The third-order valence-corrected chi connectivity index (χ3v) is 8.36. The molecule has 6 rings (SSSR count). The molecular formula is C28H25F2N3OS. The monoisotopic (exact) mass is 489 g/mol. The molecule has 1 N–H and O–H groups in total. The van der Waals surface area contributed by atoms with Crippen molar-refractivity contribution in [2.24, 2.45) is 0 Å². The first-order valence-corrected chi connectivity index (χ1v) is 12.7. The summed E-state index contributed by atoms with van der Waals surface area (Å²) in [6, 6.07) is 14.0. The molecule has 0 saturated carbocycles. The van der Waals surface area contributed by atoms with E-state index < -0.39 is 17.7 Å². The van der Waals surface area contributed by atoms with Gasteiger partial charge >= 0.3 is 6.03 Å². The summed E-state index contributed by atoms with van der Waals surface area (Å²) in [4.78, 5) is 17.0. The normalized spacial score (nSPS) is 16.8. The molecule has 2 aromatic heterocycles. The van der Waals surface area contributed by atoms with Gasteiger partial charge in [0.15, 0.2) is 0 Å². The van der Waals surface area contributed by atoms with E-state index in [1.807, 2.05) is 49.5 Å². The van der Waals surface area contributed by atoms with Gasteiger partial charge in [0.05, 0.1) is 12.2 Å². The Hall–Kier alpha value is -3.45. The SMILES string of the molecule is Cc1ccccc1NC(=O)N1Cc2c(sc3c2CCCC3)-n2cccc2[C@@H]1c1cc(F)cc(F)c1. The lowest BCUT2D eigenvalue weighted by atomic mass is 9.95. The molecule has 2 amide bonds. The molecule has 0 bridgehead atoms. The quantitative estimate of drug-likeness (QED) is 0.319. The number of carbonyl (C=O) groups is 1. The van der Waals surface area contributed by atoms with Crippen LogP contribution in [-0.4, -0.2) is 15.5 Å². The molecule has 0 spiro atoms. The number of halogens is 2. The molecule has 3 heterocycles. The van der Waals surface area contributed by atoms with Gasteiger partial charge in [-0.05, 0) is 79.6 Å². The number of aromatic nitrogens is 1. The largest absolute Gasteiger partial charge is 0.322 e. The van der Waals surface area contributed by atoms with E-state index in [9.17, 15) is 13.6 Å². The molecule has 0 radical (unpaired) electrons. The van der Waals surface area contributed by atoms with Crippen molar-refractivity contribution in [1.29, 1.82) is 0 Å². The molecule has 7 heteroatoms. The average Bonchev–Trinajstić information content (AvgIpc) is 3.41. The lowest BCUT2D eigenvalue weighted by Crippen LogP contribution is -2.38. The maximum atomic E-state index is 14.4. The Morgan fingerprint density at radius 3 is 2.57 bits per heavy atom. The highest BCUT2D eigenvalue weighted by Gasteiger charge is 2.36. The summed E-state index contributed by atoms with van der Waals surface area (Å²) < 4.78 is 30.9. The first kappa shape index (κ1) is 22.0. The van der Waals surface area contributed by atoms with Crippen LogP contribution in [0.4, 0.5) is 19.3 Å². The molecule has 2 aromatic carbocycles. The molecular weight excluding hydrogens is 464 g/mol. The van der Waals surface area contributed by atoms with E-state index in [1.165, 1.54) is 29.0 Å². The summed E-state index contributed by atoms with van der Waals surface area (Å²) in [5, 5.41) is 4.16. The summed E-state index contributed by atoms with van der Waals surface area (Å²) >= 11 is 1.78. The second kappa shape index (κ2) is 8.64. The fourth-order valence-electron chi connectivity index (χ4n) is 5.37. The van der Waals surface area contributed by atoms with E-state index in [0.29, 0.717) is 17.8 Å².